The van der Waals surface area contributed by atoms with E-state index in [0.717, 1.165) is 17.0 Å². The number of aromatic nitrogens is 3. The number of amides is 1. The van der Waals surface area contributed by atoms with E-state index in [1.54, 1.807) is 42.2 Å². The molecule has 0 fully saturated rings. The van der Waals surface area contributed by atoms with Crippen LogP contribution in [0.5, 0.6) is 5.75 Å². The van der Waals surface area contributed by atoms with Gasteiger partial charge in [-0.1, -0.05) is 18.2 Å². The lowest BCUT2D eigenvalue weighted by molar-refractivity contribution is 0.0716. The topological polar surface area (TPSA) is 60.2 Å². The summed E-state index contributed by atoms with van der Waals surface area (Å²) >= 11 is 0. The van der Waals surface area contributed by atoms with E-state index < -0.39 is 0 Å². The number of rotatable bonds is 6. The lowest BCUT2D eigenvalue weighted by Crippen LogP contribution is -2.31. The molecule has 2 aromatic heterocycles. The second-order valence-electron chi connectivity index (χ2n) is 5.67. The average molecular weight is 336 g/mol. The summed E-state index contributed by atoms with van der Waals surface area (Å²) in [6.45, 7) is 0.904. The van der Waals surface area contributed by atoms with Crippen LogP contribution in [0.1, 0.15) is 21.7 Å². The van der Waals surface area contributed by atoms with Crippen molar-refractivity contribution in [2.45, 2.75) is 13.1 Å². The summed E-state index contributed by atoms with van der Waals surface area (Å²) in [6, 6.07) is 15.1. The maximum absolute atomic E-state index is 13.0. The van der Waals surface area contributed by atoms with Crippen LogP contribution in [0, 0.1) is 0 Å². The van der Waals surface area contributed by atoms with Crippen molar-refractivity contribution in [2.24, 2.45) is 7.05 Å². The minimum Gasteiger partial charge on any atom is -0.497 e. The standard InChI is InChI=1S/C19H20N4O2/c1-22-18(10-12-21-22)19(24)23(14-16-5-3-4-11-20-16)13-15-6-8-17(25-2)9-7-15/h3-12H,13-14H2,1-2H3. The lowest BCUT2D eigenvalue weighted by atomic mass is 10.2. The van der Waals surface area contributed by atoms with Crippen LogP contribution in [0.3, 0.4) is 0 Å². The molecule has 3 aromatic rings. The molecule has 0 unspecified atom stereocenters. The molecule has 0 saturated carbocycles. The smallest absolute Gasteiger partial charge is 0.272 e. The van der Waals surface area contributed by atoms with Gasteiger partial charge in [0.15, 0.2) is 0 Å². The van der Waals surface area contributed by atoms with Gasteiger partial charge >= 0.3 is 0 Å². The zero-order valence-corrected chi connectivity index (χ0v) is 14.3. The molecule has 6 nitrogen and oxygen atoms in total. The van der Waals surface area contributed by atoms with E-state index >= 15 is 0 Å². The minimum atomic E-state index is -0.0820. The van der Waals surface area contributed by atoms with Crippen molar-refractivity contribution in [3.8, 4) is 5.75 Å². The van der Waals surface area contributed by atoms with Gasteiger partial charge in [0.2, 0.25) is 0 Å². The lowest BCUT2D eigenvalue weighted by Gasteiger charge is -2.22. The molecule has 0 radical (unpaired) electrons. The van der Waals surface area contributed by atoms with Crippen LogP contribution in [0.15, 0.2) is 60.9 Å². The molecule has 0 bridgehead atoms. The summed E-state index contributed by atoms with van der Waals surface area (Å²) in [4.78, 5) is 19.1. The van der Waals surface area contributed by atoms with Gasteiger partial charge in [0.1, 0.15) is 11.4 Å². The van der Waals surface area contributed by atoms with Crippen molar-refractivity contribution in [3.05, 3.63) is 77.9 Å². The third-order valence-electron chi connectivity index (χ3n) is 3.94. The number of aryl methyl sites for hydroxylation is 1. The van der Waals surface area contributed by atoms with Crippen LogP contribution < -0.4 is 4.74 Å². The molecule has 25 heavy (non-hydrogen) atoms. The van der Waals surface area contributed by atoms with Crippen LogP contribution in [0.2, 0.25) is 0 Å². The van der Waals surface area contributed by atoms with Crippen molar-refractivity contribution in [3.63, 3.8) is 0 Å². The van der Waals surface area contributed by atoms with Gasteiger partial charge in [-0.2, -0.15) is 5.10 Å². The Hall–Kier alpha value is -3.15. The van der Waals surface area contributed by atoms with E-state index in [1.807, 2.05) is 42.5 Å². The highest BCUT2D eigenvalue weighted by molar-refractivity contribution is 5.92. The van der Waals surface area contributed by atoms with E-state index in [4.69, 9.17) is 4.74 Å². The van der Waals surface area contributed by atoms with Gasteiger partial charge in [0.25, 0.3) is 5.91 Å². The summed E-state index contributed by atoms with van der Waals surface area (Å²) < 4.78 is 6.77. The Kier molecular flexibility index (Phi) is 5.09. The summed E-state index contributed by atoms with van der Waals surface area (Å²) in [6.07, 6.45) is 3.36. The van der Waals surface area contributed by atoms with Gasteiger partial charge in [-0.15, -0.1) is 0 Å². The zero-order valence-electron chi connectivity index (χ0n) is 14.3. The van der Waals surface area contributed by atoms with E-state index in [2.05, 4.69) is 10.1 Å². The van der Waals surface area contributed by atoms with E-state index in [-0.39, 0.29) is 5.91 Å². The Labute approximate surface area is 146 Å². The predicted molar refractivity (Wildman–Crippen MR) is 94.0 cm³/mol. The number of hydrogen-bond acceptors (Lipinski definition) is 4. The minimum absolute atomic E-state index is 0.0820. The van der Waals surface area contributed by atoms with E-state index in [1.165, 1.54) is 0 Å². The second-order valence-corrected chi connectivity index (χ2v) is 5.67. The molecule has 0 atom stereocenters. The molecule has 0 aliphatic heterocycles. The maximum atomic E-state index is 13.0. The number of hydrogen-bond donors (Lipinski definition) is 0. The number of carbonyl (C=O) groups excluding carboxylic acids is 1. The van der Waals surface area contributed by atoms with Gasteiger partial charge in [0, 0.05) is 26.0 Å². The summed E-state index contributed by atoms with van der Waals surface area (Å²) in [5.74, 6) is 0.708. The monoisotopic (exact) mass is 336 g/mol. The number of carbonyl (C=O) groups is 1. The number of benzene rings is 1. The van der Waals surface area contributed by atoms with Gasteiger partial charge in [-0.25, -0.2) is 0 Å². The molecule has 0 saturated heterocycles. The van der Waals surface area contributed by atoms with Crippen LogP contribution in [0.4, 0.5) is 0 Å². The van der Waals surface area contributed by atoms with Crippen molar-refractivity contribution in [1.29, 1.82) is 0 Å². The average Bonchev–Trinajstić information content (AvgIpc) is 3.08. The third kappa shape index (κ3) is 4.03. The highest BCUT2D eigenvalue weighted by Crippen LogP contribution is 2.16. The summed E-state index contributed by atoms with van der Waals surface area (Å²) in [5.41, 5.74) is 2.41. The number of nitrogens with zero attached hydrogens (tertiary/aromatic N) is 4. The quantitative estimate of drug-likeness (QED) is 0.694. The van der Waals surface area contributed by atoms with Crippen molar-refractivity contribution in [2.75, 3.05) is 7.11 Å². The van der Waals surface area contributed by atoms with Gasteiger partial charge in [-0.05, 0) is 35.9 Å². The fraction of sp³-hybridized carbons (Fsp3) is 0.211. The first-order chi connectivity index (χ1) is 12.2. The first-order valence-electron chi connectivity index (χ1n) is 7.97. The van der Waals surface area contributed by atoms with Gasteiger partial charge < -0.3 is 9.64 Å². The van der Waals surface area contributed by atoms with Crippen LogP contribution in [0.25, 0.3) is 0 Å². The van der Waals surface area contributed by atoms with Gasteiger partial charge in [0.05, 0.1) is 19.3 Å². The first kappa shape index (κ1) is 16.7. The highest BCUT2D eigenvalue weighted by atomic mass is 16.5. The molecule has 1 aromatic carbocycles. The molecule has 2 heterocycles. The molecule has 6 heteroatoms. The molecule has 0 aliphatic carbocycles. The molecular formula is C19H20N4O2. The van der Waals surface area contributed by atoms with E-state index in [9.17, 15) is 4.79 Å². The summed E-state index contributed by atoms with van der Waals surface area (Å²) in [7, 11) is 3.40. The van der Waals surface area contributed by atoms with E-state index in [0.29, 0.717) is 18.8 Å². The Morgan fingerprint density at radius 1 is 1.08 bits per heavy atom. The maximum Gasteiger partial charge on any atom is 0.272 e. The molecule has 1 amide bonds. The number of pyridine rings is 1. The van der Waals surface area contributed by atoms with Gasteiger partial charge in [-0.3, -0.25) is 14.5 Å². The highest BCUT2D eigenvalue weighted by Gasteiger charge is 2.20. The SMILES string of the molecule is COc1ccc(CN(Cc2ccccn2)C(=O)c2ccnn2C)cc1. The largest absolute Gasteiger partial charge is 0.497 e. The Balaban J connectivity index is 1.85. The molecule has 0 aliphatic rings. The Morgan fingerprint density at radius 2 is 1.88 bits per heavy atom. The van der Waals surface area contributed by atoms with Crippen molar-refractivity contribution < 1.29 is 9.53 Å². The molecule has 0 N–H and O–H groups in total. The van der Waals surface area contributed by atoms with Crippen LogP contribution >= 0.6 is 0 Å². The molecule has 128 valence electrons. The summed E-state index contributed by atoms with van der Waals surface area (Å²) in [5, 5.41) is 4.09. The molecule has 0 spiro atoms. The second kappa shape index (κ2) is 7.61. The zero-order chi connectivity index (χ0) is 17.6. The van der Waals surface area contributed by atoms with Crippen LogP contribution in [-0.4, -0.2) is 32.7 Å². The first-order valence-corrected chi connectivity index (χ1v) is 7.97. The molecule has 3 rings (SSSR count). The Bertz CT molecular complexity index is 828. The fourth-order valence-electron chi connectivity index (χ4n) is 2.58. The Morgan fingerprint density at radius 3 is 2.48 bits per heavy atom. The number of methoxy groups -OCH3 is 1. The number of ether oxygens (including phenoxy) is 1. The normalized spacial score (nSPS) is 10.5. The fourth-order valence-corrected chi connectivity index (χ4v) is 2.58. The predicted octanol–water partition coefficient (Wildman–Crippen LogP) is 2.67. The molecular weight excluding hydrogens is 316 g/mol. The van der Waals surface area contributed by atoms with Crippen molar-refractivity contribution in [1.82, 2.24) is 19.7 Å². The van der Waals surface area contributed by atoms with Crippen molar-refractivity contribution >= 4 is 5.91 Å². The third-order valence-corrected chi connectivity index (χ3v) is 3.94. The van der Waals surface area contributed by atoms with Crippen LogP contribution in [-0.2, 0) is 20.1 Å².